The molecule has 0 aliphatic rings. The number of sulfonamides is 1. The maximum atomic E-state index is 14.1. The van der Waals surface area contributed by atoms with Crippen LogP contribution in [0.1, 0.15) is 0 Å². The summed E-state index contributed by atoms with van der Waals surface area (Å²) in [4.78, 5) is 12.1. The molecule has 25 heavy (non-hydrogen) atoms. The van der Waals surface area contributed by atoms with Crippen molar-refractivity contribution in [2.45, 2.75) is 0 Å². The third kappa shape index (κ3) is 4.44. The van der Waals surface area contributed by atoms with Crippen molar-refractivity contribution in [2.75, 3.05) is 22.4 Å². The Labute approximate surface area is 156 Å². The van der Waals surface area contributed by atoms with Gasteiger partial charge in [0, 0.05) is 17.6 Å². The van der Waals surface area contributed by atoms with Crippen LogP contribution in [0.15, 0.2) is 33.5 Å². The molecule has 7 nitrogen and oxygen atoms in total. The predicted molar refractivity (Wildman–Crippen MR) is 98.9 cm³/mol. The van der Waals surface area contributed by atoms with Gasteiger partial charge in [0.05, 0.1) is 12.8 Å². The molecular formula is C14H14BrClFN3O4S. The molecule has 0 spiro atoms. The molecule has 0 saturated carbocycles. The first-order valence-electron chi connectivity index (χ1n) is 6.75. The van der Waals surface area contributed by atoms with E-state index >= 15 is 0 Å². The van der Waals surface area contributed by atoms with Crippen molar-refractivity contribution in [3.05, 3.63) is 44.9 Å². The smallest absolute Gasteiger partial charge is 0.255 e. The fraction of sp³-hybridized carbons (Fsp3) is 0.214. The molecular weight excluding hydrogens is 441 g/mol. The summed E-state index contributed by atoms with van der Waals surface area (Å²) in [6.45, 7) is 0. The van der Waals surface area contributed by atoms with Gasteiger partial charge in [0.25, 0.3) is 5.56 Å². The number of anilines is 3. The summed E-state index contributed by atoms with van der Waals surface area (Å²) in [5.41, 5.74) is -0.504. The van der Waals surface area contributed by atoms with Crippen molar-refractivity contribution in [1.29, 1.82) is 0 Å². The summed E-state index contributed by atoms with van der Waals surface area (Å²) < 4.78 is 46.8. The summed E-state index contributed by atoms with van der Waals surface area (Å²) in [6.07, 6.45) is 0. The van der Waals surface area contributed by atoms with E-state index in [9.17, 15) is 17.6 Å². The van der Waals surface area contributed by atoms with Crippen LogP contribution < -0.4 is 20.3 Å². The van der Waals surface area contributed by atoms with E-state index in [1.54, 1.807) is 6.07 Å². The van der Waals surface area contributed by atoms with E-state index in [1.165, 1.54) is 26.3 Å². The second-order valence-electron chi connectivity index (χ2n) is 4.91. The van der Waals surface area contributed by atoms with Crippen LogP contribution in [0.3, 0.4) is 0 Å². The first-order chi connectivity index (χ1) is 11.7. The van der Waals surface area contributed by atoms with Gasteiger partial charge in [-0.1, -0.05) is 15.9 Å². The zero-order valence-electron chi connectivity index (χ0n) is 13.1. The summed E-state index contributed by atoms with van der Waals surface area (Å²) in [7, 11) is -1.21. The van der Waals surface area contributed by atoms with Crippen LogP contribution in [0.5, 0.6) is 5.75 Å². The number of nitrogens with zero attached hydrogens (tertiary/aromatic N) is 1. The van der Waals surface area contributed by atoms with Gasteiger partial charge in [-0.05, 0) is 18.2 Å². The van der Waals surface area contributed by atoms with E-state index in [2.05, 4.69) is 26.0 Å². The van der Waals surface area contributed by atoms with Crippen LogP contribution in [-0.2, 0) is 17.1 Å². The number of benzene rings is 1. The number of hydrogen-bond donors (Lipinski definition) is 2. The fourth-order valence-corrected chi connectivity index (χ4v) is 3.04. The molecule has 1 heterocycles. The van der Waals surface area contributed by atoms with Gasteiger partial charge >= 0.3 is 0 Å². The topological polar surface area (TPSA) is 89.4 Å². The van der Waals surface area contributed by atoms with Gasteiger partial charge in [-0.3, -0.25) is 14.1 Å². The summed E-state index contributed by atoms with van der Waals surface area (Å²) in [5.74, 6) is -0.633. The lowest BCUT2D eigenvalue weighted by Gasteiger charge is -2.19. The number of hydrogen-bond acceptors (Lipinski definition) is 5. The molecule has 0 saturated heterocycles. The minimum Gasteiger partial charge on any atom is -0.494 e. The normalized spacial score (nSPS) is 11.2. The van der Waals surface area contributed by atoms with E-state index < -0.39 is 26.6 Å². The second kappa shape index (κ2) is 7.63. The quantitative estimate of drug-likeness (QED) is 0.655. The number of pyridine rings is 1. The Balaban J connectivity index is 2.65. The van der Waals surface area contributed by atoms with Crippen LogP contribution >= 0.6 is 27.5 Å². The van der Waals surface area contributed by atoms with Gasteiger partial charge in [-0.2, -0.15) is 0 Å². The molecule has 0 radical (unpaired) electrons. The monoisotopic (exact) mass is 453 g/mol. The van der Waals surface area contributed by atoms with Crippen molar-refractivity contribution < 1.29 is 17.5 Å². The largest absolute Gasteiger partial charge is 0.494 e. The standard InChI is InChI=1S/C14H14BrClFN3O4S/c1-20-12(21)6-11(24-2)13(19-25(22,23)7-16)14(20)18-10-4-3-8(15)5-9(10)17/h3-6,18-19H,7H2,1-2H3. The zero-order valence-corrected chi connectivity index (χ0v) is 16.3. The third-order valence-electron chi connectivity index (χ3n) is 3.21. The lowest BCUT2D eigenvalue weighted by molar-refractivity contribution is 0.415. The number of nitrogens with one attached hydrogen (secondary N) is 2. The molecule has 0 atom stereocenters. The van der Waals surface area contributed by atoms with E-state index in [4.69, 9.17) is 16.3 Å². The number of methoxy groups -OCH3 is 1. The molecule has 1 aromatic heterocycles. The molecule has 2 aromatic rings. The minimum atomic E-state index is -3.89. The minimum absolute atomic E-state index is 0.000681. The highest BCUT2D eigenvalue weighted by molar-refractivity contribution is 9.10. The van der Waals surface area contributed by atoms with E-state index in [0.717, 1.165) is 10.6 Å². The Bertz CT molecular complexity index is 965. The molecule has 0 aliphatic heterocycles. The van der Waals surface area contributed by atoms with Gasteiger partial charge in [0.1, 0.15) is 22.5 Å². The van der Waals surface area contributed by atoms with Gasteiger partial charge in [0.2, 0.25) is 10.0 Å². The van der Waals surface area contributed by atoms with Crippen molar-refractivity contribution in [3.63, 3.8) is 0 Å². The average Bonchev–Trinajstić information content (AvgIpc) is 2.55. The first-order valence-corrected chi connectivity index (χ1v) is 9.73. The van der Waals surface area contributed by atoms with Crippen LogP contribution in [0, 0.1) is 5.82 Å². The molecule has 2 N–H and O–H groups in total. The van der Waals surface area contributed by atoms with Crippen molar-refractivity contribution in [2.24, 2.45) is 7.05 Å². The van der Waals surface area contributed by atoms with Gasteiger partial charge in [-0.25, -0.2) is 12.8 Å². The molecule has 0 aliphatic carbocycles. The highest BCUT2D eigenvalue weighted by Crippen LogP contribution is 2.34. The number of ether oxygens (including phenoxy) is 1. The molecule has 11 heteroatoms. The van der Waals surface area contributed by atoms with E-state index in [1.807, 2.05) is 0 Å². The second-order valence-corrected chi connectivity index (χ2v) is 8.13. The summed E-state index contributed by atoms with van der Waals surface area (Å²) in [5, 5.41) is 2.01. The number of halogens is 3. The van der Waals surface area contributed by atoms with E-state index in [-0.39, 0.29) is 22.9 Å². The zero-order chi connectivity index (χ0) is 18.8. The molecule has 136 valence electrons. The Hall–Kier alpha value is -1.78. The Morgan fingerprint density at radius 1 is 1.36 bits per heavy atom. The van der Waals surface area contributed by atoms with Crippen LogP contribution in [0.4, 0.5) is 21.6 Å². The predicted octanol–water partition coefficient (Wildman–Crippen LogP) is 2.98. The molecule has 0 fully saturated rings. The Morgan fingerprint density at radius 3 is 2.60 bits per heavy atom. The molecule has 0 unspecified atom stereocenters. The highest BCUT2D eigenvalue weighted by atomic mass is 79.9. The van der Waals surface area contributed by atoms with Gasteiger partial charge < -0.3 is 10.1 Å². The summed E-state index contributed by atoms with van der Waals surface area (Å²) >= 11 is 8.56. The van der Waals surface area contributed by atoms with Crippen LogP contribution in [0.2, 0.25) is 0 Å². The number of rotatable bonds is 6. The number of aromatic nitrogens is 1. The molecule has 2 rings (SSSR count). The highest BCUT2D eigenvalue weighted by Gasteiger charge is 2.20. The van der Waals surface area contributed by atoms with Gasteiger partial charge in [-0.15, -0.1) is 11.6 Å². The average molecular weight is 455 g/mol. The lowest BCUT2D eigenvalue weighted by Crippen LogP contribution is -2.23. The third-order valence-corrected chi connectivity index (χ3v) is 5.37. The Kier molecular flexibility index (Phi) is 5.96. The van der Waals surface area contributed by atoms with Crippen LogP contribution in [-0.4, -0.2) is 25.3 Å². The summed E-state index contributed by atoms with van der Waals surface area (Å²) in [6, 6.07) is 5.36. The fourth-order valence-electron chi connectivity index (χ4n) is 1.98. The molecule has 1 aromatic carbocycles. The van der Waals surface area contributed by atoms with Crippen molar-refractivity contribution in [3.8, 4) is 5.75 Å². The number of alkyl halides is 1. The van der Waals surface area contributed by atoms with Gasteiger partial charge in [0.15, 0.2) is 5.75 Å². The maximum absolute atomic E-state index is 14.1. The first kappa shape index (κ1) is 19.5. The Morgan fingerprint density at radius 2 is 2.04 bits per heavy atom. The maximum Gasteiger partial charge on any atom is 0.255 e. The lowest BCUT2D eigenvalue weighted by atomic mass is 10.3. The van der Waals surface area contributed by atoms with Crippen molar-refractivity contribution in [1.82, 2.24) is 4.57 Å². The SMILES string of the molecule is COc1cc(=O)n(C)c(Nc2ccc(Br)cc2F)c1NS(=O)(=O)CCl. The van der Waals surface area contributed by atoms with E-state index in [0.29, 0.717) is 4.47 Å². The van der Waals surface area contributed by atoms with Crippen molar-refractivity contribution >= 4 is 54.7 Å². The molecule has 0 bridgehead atoms. The molecule has 0 amide bonds. The van der Waals surface area contributed by atoms with Crippen LogP contribution in [0.25, 0.3) is 0 Å².